The van der Waals surface area contributed by atoms with Crippen LogP contribution in [0.4, 0.5) is 0 Å². The number of aryl methyl sites for hydroxylation is 1. The van der Waals surface area contributed by atoms with Crippen molar-refractivity contribution in [3.05, 3.63) is 29.8 Å². The minimum Gasteiger partial charge on any atom is -0.492 e. The van der Waals surface area contributed by atoms with Gasteiger partial charge in [0.15, 0.2) is 5.96 Å². The van der Waals surface area contributed by atoms with Gasteiger partial charge in [0.1, 0.15) is 12.4 Å². The number of hydrogen-bond acceptors (Lipinski definition) is 3. The molecule has 1 saturated heterocycles. The second kappa shape index (κ2) is 9.45. The van der Waals surface area contributed by atoms with Crippen LogP contribution in [0.15, 0.2) is 29.3 Å². The van der Waals surface area contributed by atoms with Crippen LogP contribution in [0.1, 0.15) is 32.8 Å². The van der Waals surface area contributed by atoms with Gasteiger partial charge in [-0.3, -0.25) is 4.99 Å². The van der Waals surface area contributed by atoms with Crippen LogP contribution in [0.5, 0.6) is 5.75 Å². The van der Waals surface area contributed by atoms with Gasteiger partial charge < -0.3 is 19.7 Å². The Bertz CT molecular complexity index is 633. The third-order valence-corrected chi connectivity index (χ3v) is 5.77. The number of halogens is 1. The molecule has 27 heavy (non-hydrogen) atoms. The Morgan fingerprint density at radius 1 is 1.33 bits per heavy atom. The zero-order chi connectivity index (χ0) is 18.7. The highest BCUT2D eigenvalue weighted by atomic mass is 127. The lowest BCUT2D eigenvalue weighted by Crippen LogP contribution is -2.68. The van der Waals surface area contributed by atoms with Crippen LogP contribution in [0.3, 0.4) is 0 Å². The lowest BCUT2D eigenvalue weighted by atomic mass is 9.57. The molecule has 0 amide bonds. The fraction of sp³-hybridized carbons (Fsp3) is 0.667. The minimum atomic E-state index is 0. The molecule has 2 aliphatic rings. The Kier molecular flexibility index (Phi) is 7.80. The van der Waals surface area contributed by atoms with Crippen molar-refractivity contribution >= 4 is 29.9 Å². The summed E-state index contributed by atoms with van der Waals surface area (Å²) in [5.41, 5.74) is 1.39. The average Bonchev–Trinajstić information content (AvgIpc) is 3.07. The van der Waals surface area contributed by atoms with Crippen LogP contribution in [-0.2, 0) is 4.74 Å². The van der Waals surface area contributed by atoms with Crippen molar-refractivity contribution in [2.45, 2.75) is 46.3 Å². The summed E-state index contributed by atoms with van der Waals surface area (Å²) < 4.78 is 11.8. The third kappa shape index (κ3) is 4.88. The van der Waals surface area contributed by atoms with Crippen molar-refractivity contribution in [1.82, 2.24) is 10.2 Å². The molecule has 0 aromatic heterocycles. The lowest BCUT2D eigenvalue weighted by molar-refractivity contribution is -0.107. The van der Waals surface area contributed by atoms with Crippen molar-refractivity contribution in [2.24, 2.45) is 16.3 Å². The zero-order valence-electron chi connectivity index (χ0n) is 17.2. The van der Waals surface area contributed by atoms with Crippen LogP contribution in [0.25, 0.3) is 0 Å². The number of benzene rings is 1. The van der Waals surface area contributed by atoms with Gasteiger partial charge in [0.2, 0.25) is 0 Å². The quantitative estimate of drug-likeness (QED) is 0.378. The van der Waals surface area contributed by atoms with Crippen LogP contribution in [0, 0.1) is 18.3 Å². The minimum absolute atomic E-state index is 0. The van der Waals surface area contributed by atoms with E-state index in [0.29, 0.717) is 24.7 Å². The number of nitrogens with one attached hydrogen (secondary N) is 1. The number of aliphatic imine (C=N–C) groups is 1. The molecular formula is C21H34IN3O2. The SMILES string of the molecule is CCN=C(NC1C2CCOC2C1(C)C)N(C)CCOc1ccc(C)cc1.I. The summed E-state index contributed by atoms with van der Waals surface area (Å²) in [4.78, 5) is 6.86. The summed E-state index contributed by atoms with van der Waals surface area (Å²) in [5, 5.41) is 3.71. The first-order valence-electron chi connectivity index (χ1n) is 9.76. The maximum absolute atomic E-state index is 5.91. The van der Waals surface area contributed by atoms with Gasteiger partial charge in [-0.1, -0.05) is 31.5 Å². The molecule has 0 bridgehead atoms. The third-order valence-electron chi connectivity index (χ3n) is 5.77. The Labute approximate surface area is 180 Å². The second-order valence-corrected chi connectivity index (χ2v) is 8.07. The van der Waals surface area contributed by atoms with E-state index in [1.165, 1.54) is 5.56 Å². The van der Waals surface area contributed by atoms with Gasteiger partial charge in [-0.15, -0.1) is 24.0 Å². The topological polar surface area (TPSA) is 46.1 Å². The summed E-state index contributed by atoms with van der Waals surface area (Å²) in [6.07, 6.45) is 1.53. The fourth-order valence-corrected chi connectivity index (χ4v) is 4.22. The van der Waals surface area contributed by atoms with E-state index in [2.05, 4.69) is 57.1 Å². The first kappa shape index (κ1) is 22.3. The van der Waals surface area contributed by atoms with Gasteiger partial charge in [0.05, 0.1) is 12.6 Å². The van der Waals surface area contributed by atoms with Crippen molar-refractivity contribution < 1.29 is 9.47 Å². The molecule has 1 aromatic carbocycles. The number of ether oxygens (including phenoxy) is 2. The van der Waals surface area contributed by atoms with E-state index < -0.39 is 0 Å². The van der Waals surface area contributed by atoms with Crippen molar-refractivity contribution in [3.63, 3.8) is 0 Å². The first-order valence-corrected chi connectivity index (χ1v) is 9.76. The summed E-state index contributed by atoms with van der Waals surface area (Å²) in [7, 11) is 2.08. The normalized spacial score (nSPS) is 25.8. The van der Waals surface area contributed by atoms with Gasteiger partial charge in [-0.05, 0) is 32.4 Å². The predicted molar refractivity (Wildman–Crippen MR) is 121 cm³/mol. The fourth-order valence-electron chi connectivity index (χ4n) is 4.22. The van der Waals surface area contributed by atoms with Crippen LogP contribution in [-0.4, -0.2) is 56.4 Å². The van der Waals surface area contributed by atoms with E-state index in [-0.39, 0.29) is 29.4 Å². The van der Waals surface area contributed by atoms with Crippen molar-refractivity contribution in [3.8, 4) is 5.75 Å². The van der Waals surface area contributed by atoms with E-state index in [1.54, 1.807) is 0 Å². The molecule has 1 N–H and O–H groups in total. The maximum atomic E-state index is 5.91. The van der Waals surface area contributed by atoms with E-state index in [9.17, 15) is 0 Å². The number of nitrogens with zero attached hydrogens (tertiary/aromatic N) is 2. The molecular weight excluding hydrogens is 453 g/mol. The molecule has 1 aliphatic carbocycles. The number of fused-ring (bicyclic) bond motifs is 1. The molecule has 5 nitrogen and oxygen atoms in total. The molecule has 1 aromatic rings. The molecule has 6 heteroatoms. The van der Waals surface area contributed by atoms with Crippen LogP contribution >= 0.6 is 24.0 Å². The van der Waals surface area contributed by atoms with Crippen LogP contribution < -0.4 is 10.1 Å². The molecule has 1 heterocycles. The molecule has 0 radical (unpaired) electrons. The zero-order valence-corrected chi connectivity index (χ0v) is 19.5. The van der Waals surface area contributed by atoms with Gasteiger partial charge in [-0.2, -0.15) is 0 Å². The standard InChI is InChI=1S/C21H33N3O2.HI/c1-6-22-20(23-18-17-11-13-26-19(17)21(18,3)4)24(5)12-14-25-16-9-7-15(2)8-10-16;/h7-10,17-19H,6,11-14H2,1-5H3,(H,22,23);1H. The molecule has 3 rings (SSSR count). The molecule has 3 unspecified atom stereocenters. The first-order chi connectivity index (χ1) is 12.4. The van der Waals surface area contributed by atoms with Gasteiger partial charge in [-0.25, -0.2) is 0 Å². The van der Waals surface area contributed by atoms with E-state index >= 15 is 0 Å². The predicted octanol–water partition coefficient (Wildman–Crippen LogP) is 3.70. The molecule has 3 atom stereocenters. The highest BCUT2D eigenvalue weighted by molar-refractivity contribution is 14.0. The summed E-state index contributed by atoms with van der Waals surface area (Å²) in [6, 6.07) is 8.60. The number of likely N-dealkylation sites (N-methyl/N-ethyl adjacent to an activating group) is 1. The smallest absolute Gasteiger partial charge is 0.194 e. The molecule has 1 aliphatic heterocycles. The molecule has 152 valence electrons. The highest BCUT2D eigenvalue weighted by Gasteiger charge is 2.59. The summed E-state index contributed by atoms with van der Waals surface area (Å²) in [5.74, 6) is 2.48. The van der Waals surface area contributed by atoms with Gasteiger partial charge in [0, 0.05) is 37.6 Å². The number of guanidine groups is 1. The highest BCUT2D eigenvalue weighted by Crippen LogP contribution is 2.52. The van der Waals surface area contributed by atoms with Crippen molar-refractivity contribution in [2.75, 3.05) is 33.4 Å². The second-order valence-electron chi connectivity index (χ2n) is 8.07. The lowest BCUT2D eigenvalue weighted by Gasteiger charge is -2.55. The van der Waals surface area contributed by atoms with Crippen molar-refractivity contribution in [1.29, 1.82) is 0 Å². The number of rotatable bonds is 6. The van der Waals surface area contributed by atoms with Gasteiger partial charge >= 0.3 is 0 Å². The molecule has 1 saturated carbocycles. The molecule has 0 spiro atoms. The Hall–Kier alpha value is -1.02. The maximum Gasteiger partial charge on any atom is 0.194 e. The monoisotopic (exact) mass is 487 g/mol. The Morgan fingerprint density at radius 3 is 2.70 bits per heavy atom. The molecule has 2 fully saturated rings. The van der Waals surface area contributed by atoms with E-state index in [4.69, 9.17) is 14.5 Å². The largest absolute Gasteiger partial charge is 0.492 e. The van der Waals surface area contributed by atoms with Gasteiger partial charge in [0.25, 0.3) is 0 Å². The summed E-state index contributed by atoms with van der Waals surface area (Å²) >= 11 is 0. The van der Waals surface area contributed by atoms with E-state index in [0.717, 1.165) is 37.8 Å². The van der Waals surface area contributed by atoms with Crippen LogP contribution in [0.2, 0.25) is 0 Å². The Balaban J connectivity index is 0.00000261. The summed E-state index contributed by atoms with van der Waals surface area (Å²) in [6.45, 7) is 11.8. The van der Waals surface area contributed by atoms with E-state index in [1.807, 2.05) is 12.1 Å². The number of hydrogen-bond donors (Lipinski definition) is 1. The average molecular weight is 487 g/mol. The Morgan fingerprint density at radius 2 is 2.04 bits per heavy atom.